The average molecular weight is 359 g/mol. The number of benzene rings is 1. The van der Waals surface area contributed by atoms with E-state index in [4.69, 9.17) is 0 Å². The molecule has 3 nitrogen and oxygen atoms in total. The summed E-state index contributed by atoms with van der Waals surface area (Å²) in [5.41, 5.74) is 0.195. The van der Waals surface area contributed by atoms with Crippen molar-refractivity contribution in [3.8, 4) is 0 Å². The minimum Gasteiger partial charge on any atom is -0.303 e. The minimum absolute atomic E-state index is 0.195. The molecule has 3 fully saturated rings. The van der Waals surface area contributed by atoms with Crippen LogP contribution in [0.5, 0.6) is 0 Å². The Bertz CT molecular complexity index is 728. The van der Waals surface area contributed by atoms with Gasteiger partial charge in [0.25, 0.3) is 5.56 Å². The van der Waals surface area contributed by atoms with E-state index in [2.05, 4.69) is 4.90 Å². The Morgan fingerprint density at radius 1 is 0.880 bits per heavy atom. The maximum atomic E-state index is 12.3. The van der Waals surface area contributed by atoms with Crippen LogP contribution in [0.15, 0.2) is 29.1 Å². The molecule has 1 saturated carbocycles. The van der Waals surface area contributed by atoms with Gasteiger partial charge in [0.2, 0.25) is 0 Å². The second kappa shape index (κ2) is 8.05. The monoisotopic (exact) mass is 358 g/mol. The summed E-state index contributed by atoms with van der Waals surface area (Å²) in [6.07, 6.45) is 10.9. The lowest BCUT2D eigenvalue weighted by molar-refractivity contribution is 0.246. The summed E-state index contributed by atoms with van der Waals surface area (Å²) in [4.78, 5) is 15.1. The summed E-state index contributed by atoms with van der Waals surface area (Å²) in [5, 5.41) is 0.878. The highest BCUT2D eigenvalue weighted by molar-refractivity contribution is 7.13. The largest absolute Gasteiger partial charge is 0.303 e. The fourth-order valence-corrected chi connectivity index (χ4v) is 5.73. The fraction of sp³-hybridized carbons (Fsp3) is 0.667. The van der Waals surface area contributed by atoms with Crippen molar-refractivity contribution in [1.29, 1.82) is 0 Å². The van der Waals surface area contributed by atoms with E-state index in [0.29, 0.717) is 0 Å². The third kappa shape index (κ3) is 4.17. The van der Waals surface area contributed by atoms with Crippen LogP contribution in [0.3, 0.4) is 0 Å². The molecule has 3 aliphatic rings. The molecule has 1 aliphatic carbocycles. The summed E-state index contributed by atoms with van der Waals surface area (Å²) in [6, 6.07) is 7.96. The van der Waals surface area contributed by atoms with Crippen LogP contribution in [0.2, 0.25) is 0 Å². The van der Waals surface area contributed by atoms with Gasteiger partial charge >= 0.3 is 0 Å². The second-order valence-corrected chi connectivity index (χ2v) is 9.12. The number of hydrogen-bond acceptors (Lipinski definition) is 3. The quantitative estimate of drug-likeness (QED) is 0.668. The predicted molar refractivity (Wildman–Crippen MR) is 106 cm³/mol. The van der Waals surface area contributed by atoms with E-state index in [9.17, 15) is 4.79 Å². The number of hydrogen-bond donors (Lipinski definition) is 0. The van der Waals surface area contributed by atoms with Gasteiger partial charge in [0.05, 0.1) is 10.1 Å². The van der Waals surface area contributed by atoms with Crippen molar-refractivity contribution in [2.45, 2.75) is 57.9 Å². The zero-order valence-corrected chi connectivity index (χ0v) is 16.0. The lowest BCUT2D eigenvalue weighted by Gasteiger charge is -2.22. The maximum Gasteiger partial charge on any atom is 0.268 e. The lowest BCUT2D eigenvalue weighted by Crippen LogP contribution is -2.29. The molecule has 1 aromatic carbocycles. The van der Waals surface area contributed by atoms with Crippen molar-refractivity contribution >= 4 is 21.6 Å². The van der Waals surface area contributed by atoms with E-state index in [1.54, 1.807) is 11.5 Å². The third-order valence-electron chi connectivity index (χ3n) is 6.14. The minimum atomic E-state index is 0.195. The number of aryl methyl sites for hydroxylation is 1. The Kier molecular flexibility index (Phi) is 5.57. The van der Waals surface area contributed by atoms with Gasteiger partial charge in [-0.3, -0.25) is 8.75 Å². The summed E-state index contributed by atoms with van der Waals surface area (Å²) in [5.74, 6) is 1.97. The van der Waals surface area contributed by atoms with E-state index in [0.717, 1.165) is 34.9 Å². The van der Waals surface area contributed by atoms with Crippen molar-refractivity contribution in [1.82, 2.24) is 8.86 Å². The van der Waals surface area contributed by atoms with Gasteiger partial charge in [-0.2, -0.15) is 0 Å². The van der Waals surface area contributed by atoms with Gasteiger partial charge < -0.3 is 4.90 Å². The van der Waals surface area contributed by atoms with E-state index >= 15 is 0 Å². The van der Waals surface area contributed by atoms with Gasteiger partial charge in [-0.1, -0.05) is 36.5 Å². The molecule has 4 heteroatoms. The van der Waals surface area contributed by atoms with Crippen LogP contribution in [0.25, 0.3) is 10.1 Å². The first kappa shape index (κ1) is 17.3. The number of rotatable bonds is 7. The topological polar surface area (TPSA) is 25.2 Å². The third-order valence-corrected chi connectivity index (χ3v) is 7.26. The number of nitrogens with zero attached hydrogens (tertiary/aromatic N) is 2. The Labute approximate surface area is 154 Å². The highest BCUT2D eigenvalue weighted by atomic mass is 32.1. The van der Waals surface area contributed by atoms with Crippen molar-refractivity contribution in [3.63, 3.8) is 0 Å². The molecular formula is C21H30N2OS. The summed E-state index contributed by atoms with van der Waals surface area (Å²) in [6.45, 7) is 4.88. The maximum absolute atomic E-state index is 12.3. The number of fused-ring (bicyclic) bond motifs is 5. The molecule has 0 radical (unpaired) electrons. The van der Waals surface area contributed by atoms with Crippen LogP contribution in [-0.2, 0) is 6.54 Å². The van der Waals surface area contributed by atoms with Gasteiger partial charge in [-0.25, -0.2) is 0 Å². The second-order valence-electron chi connectivity index (χ2n) is 8.06. The predicted octanol–water partition coefficient (Wildman–Crippen LogP) is 4.75. The molecule has 25 heavy (non-hydrogen) atoms. The van der Waals surface area contributed by atoms with Gasteiger partial charge in [0.15, 0.2) is 0 Å². The summed E-state index contributed by atoms with van der Waals surface area (Å²) >= 11 is 1.62. The van der Waals surface area contributed by atoms with Gasteiger partial charge in [0, 0.05) is 19.6 Å². The zero-order valence-electron chi connectivity index (χ0n) is 15.2. The van der Waals surface area contributed by atoms with Crippen LogP contribution < -0.4 is 5.56 Å². The Hall–Kier alpha value is -1.13. The first-order chi connectivity index (χ1) is 12.3. The Morgan fingerprint density at radius 3 is 2.20 bits per heavy atom. The molecule has 2 bridgehead atoms. The lowest BCUT2D eigenvalue weighted by atomic mass is 9.84. The molecule has 0 amide bonds. The standard InChI is InChI=1S/C21H30N2OS/c24-21-19-7-3-4-8-20(19)25-23(21)14-6-2-1-5-13-22-15-17-9-10-18(16-22)12-11-17/h3-4,7-8,17-18H,1-2,5-6,9-16H2. The number of unbranched alkanes of at least 4 members (excludes halogenated alkanes) is 3. The van der Waals surface area contributed by atoms with Crippen LogP contribution in [0.4, 0.5) is 0 Å². The van der Waals surface area contributed by atoms with E-state index in [1.165, 1.54) is 64.6 Å². The smallest absolute Gasteiger partial charge is 0.268 e. The van der Waals surface area contributed by atoms with Crippen molar-refractivity contribution in [2.24, 2.45) is 11.8 Å². The first-order valence-corrected chi connectivity index (χ1v) is 10.9. The van der Waals surface area contributed by atoms with Gasteiger partial charge in [-0.05, 0) is 69.0 Å². The zero-order chi connectivity index (χ0) is 17.1. The molecule has 5 rings (SSSR count). The fourth-order valence-electron chi connectivity index (χ4n) is 4.69. The highest BCUT2D eigenvalue weighted by Crippen LogP contribution is 2.33. The SMILES string of the molecule is O=c1c2ccccc2sn1CCCCCCN1CC2CCC(CC2)C1. The molecule has 136 valence electrons. The van der Waals surface area contributed by atoms with Crippen molar-refractivity contribution in [3.05, 3.63) is 34.6 Å². The van der Waals surface area contributed by atoms with Crippen molar-refractivity contribution < 1.29 is 0 Å². The highest BCUT2D eigenvalue weighted by Gasteiger charge is 2.28. The normalized spacial score (nSPS) is 24.0. The molecule has 3 heterocycles. The molecule has 0 spiro atoms. The number of aromatic nitrogens is 1. The molecule has 2 saturated heterocycles. The van der Waals surface area contributed by atoms with E-state index in [1.807, 2.05) is 28.2 Å². The summed E-state index contributed by atoms with van der Waals surface area (Å²) in [7, 11) is 0. The van der Waals surface area contributed by atoms with Crippen LogP contribution in [0.1, 0.15) is 51.4 Å². The van der Waals surface area contributed by atoms with Crippen LogP contribution in [0, 0.1) is 11.8 Å². The Morgan fingerprint density at radius 2 is 1.52 bits per heavy atom. The molecule has 0 atom stereocenters. The molecule has 2 aliphatic heterocycles. The van der Waals surface area contributed by atoms with Gasteiger partial charge in [0.1, 0.15) is 0 Å². The van der Waals surface area contributed by atoms with Crippen LogP contribution in [-0.4, -0.2) is 28.5 Å². The van der Waals surface area contributed by atoms with E-state index < -0.39 is 0 Å². The molecule has 2 aromatic rings. The molecule has 1 aromatic heterocycles. The van der Waals surface area contributed by atoms with Crippen LogP contribution >= 0.6 is 11.5 Å². The Balaban J connectivity index is 1.17. The van der Waals surface area contributed by atoms with Crippen molar-refractivity contribution in [2.75, 3.05) is 19.6 Å². The molecule has 0 N–H and O–H groups in total. The summed E-state index contributed by atoms with van der Waals surface area (Å²) < 4.78 is 3.06. The first-order valence-electron chi connectivity index (χ1n) is 10.1. The average Bonchev–Trinajstić information content (AvgIpc) is 2.79. The van der Waals surface area contributed by atoms with E-state index in [-0.39, 0.29) is 5.56 Å². The molecular weight excluding hydrogens is 328 g/mol. The van der Waals surface area contributed by atoms with Gasteiger partial charge in [-0.15, -0.1) is 0 Å². The molecule has 0 unspecified atom stereocenters.